The van der Waals surface area contributed by atoms with E-state index in [-0.39, 0.29) is 0 Å². The van der Waals surface area contributed by atoms with Crippen molar-refractivity contribution in [1.82, 2.24) is 9.88 Å². The van der Waals surface area contributed by atoms with Gasteiger partial charge >= 0.3 is 0 Å². The molecule has 3 nitrogen and oxygen atoms in total. The van der Waals surface area contributed by atoms with Gasteiger partial charge in [-0.15, -0.1) is 0 Å². The number of H-pyrrole nitrogens is 1. The third-order valence-corrected chi connectivity index (χ3v) is 2.81. The van der Waals surface area contributed by atoms with Gasteiger partial charge in [-0.3, -0.25) is 0 Å². The van der Waals surface area contributed by atoms with Gasteiger partial charge in [0, 0.05) is 29.2 Å². The lowest BCUT2D eigenvalue weighted by atomic mass is 10.0. The highest BCUT2D eigenvalue weighted by molar-refractivity contribution is 5.77. The SMILES string of the molecule is Cc1cccc(N)c1-c1ccc(CN(C)C)[nH]1. The summed E-state index contributed by atoms with van der Waals surface area (Å²) in [4.78, 5) is 5.56. The van der Waals surface area contributed by atoms with E-state index in [1.165, 1.54) is 11.3 Å². The monoisotopic (exact) mass is 229 g/mol. The second kappa shape index (κ2) is 4.63. The van der Waals surface area contributed by atoms with Crippen molar-refractivity contribution >= 4 is 5.69 Å². The van der Waals surface area contributed by atoms with Crippen molar-refractivity contribution < 1.29 is 0 Å². The predicted octanol–water partition coefficient (Wildman–Crippen LogP) is 2.63. The summed E-state index contributed by atoms with van der Waals surface area (Å²) in [5, 5.41) is 0. The van der Waals surface area contributed by atoms with E-state index in [0.29, 0.717) is 0 Å². The molecular formula is C14H19N3. The standard InChI is InChI=1S/C14H19N3/c1-10-5-4-6-12(15)14(10)13-8-7-11(16-13)9-17(2)3/h4-8,16H,9,15H2,1-3H3. The third-order valence-electron chi connectivity index (χ3n) is 2.81. The van der Waals surface area contributed by atoms with Crippen LogP contribution in [-0.4, -0.2) is 24.0 Å². The number of hydrogen-bond acceptors (Lipinski definition) is 2. The van der Waals surface area contributed by atoms with E-state index in [1.54, 1.807) is 0 Å². The van der Waals surface area contributed by atoms with Crippen LogP contribution < -0.4 is 5.73 Å². The highest BCUT2D eigenvalue weighted by Gasteiger charge is 2.08. The molecule has 0 unspecified atom stereocenters. The molecule has 0 aliphatic carbocycles. The Morgan fingerprint density at radius 3 is 2.59 bits per heavy atom. The van der Waals surface area contributed by atoms with E-state index < -0.39 is 0 Å². The van der Waals surface area contributed by atoms with E-state index >= 15 is 0 Å². The van der Waals surface area contributed by atoms with Crippen LogP contribution in [0, 0.1) is 6.92 Å². The fourth-order valence-electron chi connectivity index (χ4n) is 2.08. The normalized spacial score (nSPS) is 11.1. The van der Waals surface area contributed by atoms with Crippen LogP contribution in [0.2, 0.25) is 0 Å². The zero-order valence-corrected chi connectivity index (χ0v) is 10.6. The Morgan fingerprint density at radius 1 is 1.18 bits per heavy atom. The number of nitrogens with one attached hydrogen (secondary N) is 1. The van der Waals surface area contributed by atoms with Crippen LogP contribution in [0.15, 0.2) is 30.3 Å². The molecule has 90 valence electrons. The van der Waals surface area contributed by atoms with Crippen molar-refractivity contribution in [3.63, 3.8) is 0 Å². The second-order valence-electron chi connectivity index (χ2n) is 4.67. The van der Waals surface area contributed by atoms with E-state index in [1.807, 2.05) is 12.1 Å². The van der Waals surface area contributed by atoms with Crippen LogP contribution in [0.5, 0.6) is 0 Å². The fraction of sp³-hybridized carbons (Fsp3) is 0.286. The van der Waals surface area contributed by atoms with Gasteiger partial charge in [-0.2, -0.15) is 0 Å². The number of aryl methyl sites for hydroxylation is 1. The number of benzene rings is 1. The Hall–Kier alpha value is -1.74. The minimum absolute atomic E-state index is 0.822. The molecule has 1 aromatic heterocycles. The topological polar surface area (TPSA) is 45.0 Å². The molecule has 1 heterocycles. The summed E-state index contributed by atoms with van der Waals surface area (Å²) < 4.78 is 0. The molecule has 0 saturated carbocycles. The Kier molecular flexibility index (Phi) is 3.20. The minimum Gasteiger partial charge on any atom is -0.398 e. The summed E-state index contributed by atoms with van der Waals surface area (Å²) in [5.74, 6) is 0. The van der Waals surface area contributed by atoms with Crippen molar-refractivity contribution in [2.75, 3.05) is 19.8 Å². The molecule has 0 aliphatic rings. The van der Waals surface area contributed by atoms with E-state index in [9.17, 15) is 0 Å². The molecule has 3 N–H and O–H groups in total. The fourth-order valence-corrected chi connectivity index (χ4v) is 2.08. The average molecular weight is 229 g/mol. The molecule has 0 saturated heterocycles. The van der Waals surface area contributed by atoms with Crippen LogP contribution in [-0.2, 0) is 6.54 Å². The number of nitrogen functional groups attached to an aromatic ring is 1. The number of aromatic amines is 1. The average Bonchev–Trinajstić information content (AvgIpc) is 2.65. The third kappa shape index (κ3) is 2.50. The molecule has 1 aromatic carbocycles. The quantitative estimate of drug-likeness (QED) is 0.795. The zero-order valence-electron chi connectivity index (χ0n) is 10.6. The van der Waals surface area contributed by atoms with Crippen molar-refractivity contribution in [1.29, 1.82) is 0 Å². The van der Waals surface area contributed by atoms with E-state index in [4.69, 9.17) is 5.73 Å². The maximum absolute atomic E-state index is 6.03. The van der Waals surface area contributed by atoms with Crippen LogP contribution in [0.4, 0.5) is 5.69 Å². The molecule has 0 amide bonds. The molecule has 2 rings (SSSR count). The van der Waals surface area contributed by atoms with Crippen molar-refractivity contribution in [2.24, 2.45) is 0 Å². The van der Waals surface area contributed by atoms with Gasteiger partial charge in [-0.25, -0.2) is 0 Å². The molecule has 0 atom stereocenters. The Bertz CT molecular complexity index is 492. The first kappa shape index (κ1) is 11.7. The highest BCUT2D eigenvalue weighted by atomic mass is 15.1. The number of nitrogens with zero attached hydrogens (tertiary/aromatic N) is 1. The lowest BCUT2D eigenvalue weighted by molar-refractivity contribution is 0.398. The summed E-state index contributed by atoms with van der Waals surface area (Å²) in [6.07, 6.45) is 0. The van der Waals surface area contributed by atoms with E-state index in [0.717, 1.165) is 23.5 Å². The maximum Gasteiger partial charge on any atom is 0.0480 e. The lowest BCUT2D eigenvalue weighted by Crippen LogP contribution is -2.10. The first-order chi connectivity index (χ1) is 8.08. The number of aromatic nitrogens is 1. The molecule has 0 radical (unpaired) electrons. The lowest BCUT2D eigenvalue weighted by Gasteiger charge is -2.09. The largest absolute Gasteiger partial charge is 0.398 e. The van der Waals surface area contributed by atoms with Crippen LogP contribution in [0.1, 0.15) is 11.3 Å². The van der Waals surface area contributed by atoms with Gasteiger partial charge in [-0.05, 0) is 44.8 Å². The van der Waals surface area contributed by atoms with Crippen LogP contribution in [0.3, 0.4) is 0 Å². The molecule has 17 heavy (non-hydrogen) atoms. The summed E-state index contributed by atoms with van der Waals surface area (Å²) in [7, 11) is 4.12. The number of anilines is 1. The molecule has 3 heteroatoms. The van der Waals surface area contributed by atoms with Gasteiger partial charge in [-0.1, -0.05) is 12.1 Å². The zero-order chi connectivity index (χ0) is 12.4. The van der Waals surface area contributed by atoms with Gasteiger partial charge in [0.1, 0.15) is 0 Å². The first-order valence-corrected chi connectivity index (χ1v) is 5.76. The first-order valence-electron chi connectivity index (χ1n) is 5.76. The summed E-state index contributed by atoms with van der Waals surface area (Å²) in [6.45, 7) is 2.99. The number of nitrogens with two attached hydrogens (primary N) is 1. The summed E-state index contributed by atoms with van der Waals surface area (Å²) >= 11 is 0. The van der Waals surface area contributed by atoms with Crippen molar-refractivity contribution in [2.45, 2.75) is 13.5 Å². The maximum atomic E-state index is 6.03. The second-order valence-corrected chi connectivity index (χ2v) is 4.67. The van der Waals surface area contributed by atoms with Gasteiger partial charge in [0.05, 0.1) is 0 Å². The molecular weight excluding hydrogens is 210 g/mol. The molecule has 2 aromatic rings. The Labute approximate surface area is 102 Å². The van der Waals surface area contributed by atoms with Crippen LogP contribution in [0.25, 0.3) is 11.3 Å². The summed E-state index contributed by atoms with van der Waals surface area (Å²) in [6, 6.07) is 10.2. The minimum atomic E-state index is 0.822. The predicted molar refractivity (Wildman–Crippen MR) is 72.8 cm³/mol. The van der Waals surface area contributed by atoms with Gasteiger partial charge in [0.15, 0.2) is 0 Å². The summed E-state index contributed by atoms with van der Waals surface area (Å²) in [5.41, 5.74) is 11.5. The van der Waals surface area contributed by atoms with Gasteiger partial charge in [0.2, 0.25) is 0 Å². The van der Waals surface area contributed by atoms with E-state index in [2.05, 4.69) is 49.1 Å². The molecule has 0 aliphatic heterocycles. The smallest absolute Gasteiger partial charge is 0.0480 e. The number of hydrogen-bond donors (Lipinski definition) is 2. The molecule has 0 bridgehead atoms. The van der Waals surface area contributed by atoms with Gasteiger partial charge in [0.25, 0.3) is 0 Å². The molecule has 0 fully saturated rings. The van der Waals surface area contributed by atoms with Gasteiger partial charge < -0.3 is 15.6 Å². The number of rotatable bonds is 3. The van der Waals surface area contributed by atoms with Crippen molar-refractivity contribution in [3.05, 3.63) is 41.6 Å². The highest BCUT2D eigenvalue weighted by Crippen LogP contribution is 2.28. The Morgan fingerprint density at radius 2 is 1.94 bits per heavy atom. The Balaban J connectivity index is 2.37. The van der Waals surface area contributed by atoms with Crippen molar-refractivity contribution in [3.8, 4) is 11.3 Å². The van der Waals surface area contributed by atoms with Crippen LogP contribution >= 0.6 is 0 Å². The molecule has 0 spiro atoms.